The molecule has 0 aliphatic heterocycles. The fourth-order valence-corrected chi connectivity index (χ4v) is 11.2. The number of nitrogens with one attached hydrogen (secondary N) is 2. The number of anilines is 6. The van der Waals surface area contributed by atoms with Gasteiger partial charge in [-0.1, -0.05) is 11.8 Å². The Labute approximate surface area is 372 Å². The summed E-state index contributed by atoms with van der Waals surface area (Å²) in [5, 5.41) is 31.9. The average Bonchev–Trinajstić information content (AvgIpc) is 4.04. The van der Waals surface area contributed by atoms with Gasteiger partial charge in [0.25, 0.3) is 10.1 Å². The van der Waals surface area contributed by atoms with Crippen LogP contribution in [0.2, 0.25) is 0 Å². The SMILES string of the molecule is CCN(CC)c1ccc(N=Nc2snc3scc(OC)c23)c(Nc2nc(Nc3cc(N(CC)CC)ccc3N=Nc3snc4scc(OC)c34)nc(SCCS(=O)(=O)O)n2)c1. The largest absolute Gasteiger partial charge is 0.495 e. The van der Waals surface area contributed by atoms with Gasteiger partial charge in [0.15, 0.2) is 15.2 Å². The van der Waals surface area contributed by atoms with Crippen molar-refractivity contribution < 1.29 is 22.4 Å². The number of fused-ring (bicyclic) bond motifs is 2. The first-order chi connectivity index (χ1) is 29.5. The molecule has 0 amide bonds. The molecule has 18 nitrogen and oxygen atoms in total. The van der Waals surface area contributed by atoms with Gasteiger partial charge in [0, 0.05) is 54.1 Å². The van der Waals surface area contributed by atoms with Crippen molar-refractivity contribution in [2.24, 2.45) is 20.5 Å². The lowest BCUT2D eigenvalue weighted by atomic mass is 10.2. The van der Waals surface area contributed by atoms with Crippen molar-refractivity contribution in [2.75, 3.05) is 72.3 Å². The second-order valence-corrected chi connectivity index (χ2v) is 18.6. The van der Waals surface area contributed by atoms with E-state index in [1.54, 1.807) is 14.2 Å². The first kappa shape index (κ1) is 44.0. The highest BCUT2D eigenvalue weighted by Crippen LogP contribution is 2.44. The molecular weight excluding hydrogens is 899 g/mol. The predicted molar refractivity (Wildman–Crippen MR) is 250 cm³/mol. The molecular formula is C37H41N13O5S6. The van der Waals surface area contributed by atoms with Crippen LogP contribution in [0.1, 0.15) is 27.7 Å². The molecule has 320 valence electrons. The van der Waals surface area contributed by atoms with E-state index in [0.717, 1.165) is 69.7 Å². The van der Waals surface area contributed by atoms with E-state index >= 15 is 0 Å². The molecule has 5 heterocycles. The summed E-state index contributed by atoms with van der Waals surface area (Å²) in [6.45, 7) is 11.4. The zero-order valence-corrected chi connectivity index (χ0v) is 38.7. The van der Waals surface area contributed by atoms with E-state index in [-0.39, 0.29) is 22.8 Å². The summed E-state index contributed by atoms with van der Waals surface area (Å²) in [5.74, 6) is 1.12. The summed E-state index contributed by atoms with van der Waals surface area (Å²) in [6, 6.07) is 11.6. The topological polar surface area (TPSA) is 217 Å². The van der Waals surface area contributed by atoms with Crippen LogP contribution < -0.4 is 29.9 Å². The monoisotopic (exact) mass is 939 g/mol. The Bertz CT molecular complexity index is 2630. The third kappa shape index (κ3) is 10.3. The number of thioether (sulfide) groups is 1. The fraction of sp³-hybridized carbons (Fsp3) is 0.324. The zero-order chi connectivity index (χ0) is 43.1. The van der Waals surface area contributed by atoms with Gasteiger partial charge in [0.1, 0.15) is 32.5 Å². The van der Waals surface area contributed by atoms with Gasteiger partial charge in [-0.3, -0.25) is 4.55 Å². The van der Waals surface area contributed by atoms with E-state index in [0.29, 0.717) is 44.3 Å². The fourth-order valence-electron chi connectivity index (χ4n) is 6.09. The van der Waals surface area contributed by atoms with Gasteiger partial charge >= 0.3 is 0 Å². The van der Waals surface area contributed by atoms with Gasteiger partial charge in [0.05, 0.1) is 42.1 Å². The molecule has 0 spiro atoms. The lowest BCUT2D eigenvalue weighted by Crippen LogP contribution is -2.21. The molecule has 0 unspecified atom stereocenters. The molecule has 0 aliphatic rings. The number of azo groups is 2. The Morgan fingerprint density at radius 2 is 1.16 bits per heavy atom. The van der Waals surface area contributed by atoms with Crippen LogP contribution in [0.4, 0.5) is 56.0 Å². The normalized spacial score (nSPS) is 12.0. The van der Waals surface area contributed by atoms with Crippen LogP contribution in [0, 0.1) is 0 Å². The molecule has 0 saturated heterocycles. The van der Waals surface area contributed by atoms with Crippen molar-refractivity contribution in [1.29, 1.82) is 0 Å². The van der Waals surface area contributed by atoms with Crippen molar-refractivity contribution >= 4 is 144 Å². The number of nitrogens with zero attached hydrogens (tertiary/aromatic N) is 11. The maximum atomic E-state index is 11.7. The molecule has 2 aromatic carbocycles. The maximum Gasteiger partial charge on any atom is 0.265 e. The smallest absolute Gasteiger partial charge is 0.265 e. The maximum absolute atomic E-state index is 11.7. The molecule has 5 aromatic heterocycles. The van der Waals surface area contributed by atoms with Crippen LogP contribution in [-0.4, -0.2) is 88.6 Å². The minimum Gasteiger partial charge on any atom is -0.495 e. The first-order valence-corrected chi connectivity index (χ1v) is 24.8. The summed E-state index contributed by atoms with van der Waals surface area (Å²) < 4.78 is 52.9. The van der Waals surface area contributed by atoms with Crippen LogP contribution in [0.15, 0.2) is 72.8 Å². The number of hydrogen-bond donors (Lipinski definition) is 3. The Morgan fingerprint density at radius 1 is 0.705 bits per heavy atom. The molecule has 7 rings (SSSR count). The number of benzene rings is 2. The molecule has 61 heavy (non-hydrogen) atoms. The minimum absolute atomic E-state index is 0.0136. The van der Waals surface area contributed by atoms with Crippen molar-refractivity contribution in [1.82, 2.24) is 23.7 Å². The van der Waals surface area contributed by atoms with Crippen molar-refractivity contribution in [3.05, 3.63) is 47.2 Å². The second-order valence-electron chi connectivity index (χ2n) is 12.7. The van der Waals surface area contributed by atoms with E-state index in [9.17, 15) is 13.0 Å². The van der Waals surface area contributed by atoms with Gasteiger partial charge in [-0.15, -0.1) is 43.1 Å². The van der Waals surface area contributed by atoms with Gasteiger partial charge in [-0.25, -0.2) is 0 Å². The summed E-state index contributed by atoms with van der Waals surface area (Å²) in [6.07, 6.45) is 0. The molecule has 24 heteroatoms. The Morgan fingerprint density at radius 3 is 1.57 bits per heavy atom. The van der Waals surface area contributed by atoms with Gasteiger partial charge in [-0.05, 0) is 87.2 Å². The molecule has 0 radical (unpaired) electrons. The number of rotatable bonds is 20. The van der Waals surface area contributed by atoms with Crippen LogP contribution in [0.3, 0.4) is 0 Å². The third-order valence-electron chi connectivity index (χ3n) is 9.17. The van der Waals surface area contributed by atoms with E-state index in [1.807, 2.05) is 47.2 Å². The quantitative estimate of drug-likeness (QED) is 0.0368. The van der Waals surface area contributed by atoms with Gasteiger partial charge in [-0.2, -0.15) is 32.1 Å². The number of methoxy groups -OCH3 is 2. The van der Waals surface area contributed by atoms with E-state index in [1.165, 1.54) is 45.7 Å². The van der Waals surface area contributed by atoms with E-state index in [4.69, 9.17) is 14.5 Å². The number of aromatic nitrogens is 5. The van der Waals surface area contributed by atoms with E-state index < -0.39 is 15.9 Å². The predicted octanol–water partition coefficient (Wildman–Crippen LogP) is 11.2. The van der Waals surface area contributed by atoms with Crippen molar-refractivity contribution in [2.45, 2.75) is 32.9 Å². The number of ether oxygens (including phenoxy) is 2. The van der Waals surface area contributed by atoms with Crippen LogP contribution in [0.5, 0.6) is 11.5 Å². The minimum atomic E-state index is -4.24. The molecule has 0 atom stereocenters. The Hall–Kier alpha value is -5.11. The highest BCUT2D eigenvalue weighted by Gasteiger charge is 2.19. The molecule has 0 fully saturated rings. The van der Waals surface area contributed by atoms with Gasteiger partial charge < -0.3 is 29.9 Å². The van der Waals surface area contributed by atoms with Gasteiger partial charge in [0.2, 0.25) is 11.9 Å². The summed E-state index contributed by atoms with van der Waals surface area (Å²) in [5.41, 5.74) is 3.96. The van der Waals surface area contributed by atoms with Crippen molar-refractivity contribution in [3.63, 3.8) is 0 Å². The molecule has 3 N–H and O–H groups in total. The third-order valence-corrected chi connectivity index (χ3v) is 14.4. The number of thiophene rings is 2. The zero-order valence-electron chi connectivity index (χ0n) is 33.8. The first-order valence-electron chi connectivity index (χ1n) is 18.9. The molecule has 7 aromatic rings. The second kappa shape index (κ2) is 19.7. The summed E-state index contributed by atoms with van der Waals surface area (Å²) in [7, 11) is -1.02. The lowest BCUT2D eigenvalue weighted by Gasteiger charge is -2.22. The van der Waals surface area contributed by atoms with Crippen LogP contribution in [-0.2, 0) is 10.1 Å². The highest BCUT2D eigenvalue weighted by molar-refractivity contribution is 8.00. The average molecular weight is 940 g/mol. The summed E-state index contributed by atoms with van der Waals surface area (Å²) in [4.78, 5) is 20.1. The standard InChI is InChI=1S/C37H41N13O5S6/c1-7-49(8-2)21-11-13-23(43-45-31-29-27(54-5)19-57-33(29)47-59-31)25(17-21)38-35-40-36(42-37(41-35)56-15-16-61(51,52)53)39-26-18-22(50(9-3)10-4)12-14-24(26)44-46-32-30-28(55-6)20-58-34(30)48-60-32/h11-14,17-20H,7-10,15-16H2,1-6H3,(H,51,52,53)(H2,38,39,40,41,42). The number of hydrogen-bond acceptors (Lipinski definition) is 22. The molecule has 0 bridgehead atoms. The lowest BCUT2D eigenvalue weighted by molar-refractivity contribution is 0.421. The van der Waals surface area contributed by atoms with Crippen LogP contribution >= 0.6 is 57.5 Å². The van der Waals surface area contributed by atoms with Crippen molar-refractivity contribution in [3.8, 4) is 11.5 Å². The van der Waals surface area contributed by atoms with E-state index in [2.05, 4.69) is 87.3 Å². The molecule has 0 aliphatic carbocycles. The van der Waals surface area contributed by atoms with Crippen LogP contribution in [0.25, 0.3) is 20.4 Å². The Kier molecular flexibility index (Phi) is 14.2. The highest BCUT2D eigenvalue weighted by atomic mass is 32.2. The Balaban J connectivity index is 1.29. The molecule has 0 saturated carbocycles. The summed E-state index contributed by atoms with van der Waals surface area (Å²) >= 11 is 6.45.